The minimum atomic E-state index is -3.76. The summed E-state index contributed by atoms with van der Waals surface area (Å²) in [6.45, 7) is 12.8. The van der Waals surface area contributed by atoms with Gasteiger partial charge in [-0.15, -0.1) is 0 Å². The van der Waals surface area contributed by atoms with Crippen molar-refractivity contribution in [2.45, 2.75) is 90.7 Å². The third kappa shape index (κ3) is 3.36. The molecule has 0 amide bonds. The maximum atomic E-state index is 11.1. The molecule has 0 spiro atoms. The first-order valence-corrected chi connectivity index (χ1v) is 13.1. The fourth-order valence-electron chi connectivity index (χ4n) is 7.87. The standard InChI is InChI=1S/C28H44O7/c1-15(2)16(3)7-8-17(4)19-11-12-20-18-9-10-22-23(29)26(30,31)28(34,35)27(32,33)25(22,6)21(18)13-14-24(19,20)5/h7-10,15-17,19-21,23,29-35H,11-14H2,1-6H3/b8-7+/t16-,17+,19+,20-,21-,23?,24+,25+/m0/s1. The maximum absolute atomic E-state index is 11.1. The number of rotatable bonds is 4. The molecule has 0 saturated heterocycles. The van der Waals surface area contributed by atoms with Gasteiger partial charge in [0.15, 0.2) is 0 Å². The molecule has 0 heterocycles. The van der Waals surface area contributed by atoms with Crippen LogP contribution < -0.4 is 0 Å². The lowest BCUT2D eigenvalue weighted by molar-refractivity contribution is -0.500. The van der Waals surface area contributed by atoms with Crippen molar-refractivity contribution in [2.75, 3.05) is 0 Å². The zero-order chi connectivity index (χ0) is 26.4. The molecule has 0 bridgehead atoms. The molecule has 0 aromatic carbocycles. The Bertz CT molecular complexity index is 945. The van der Waals surface area contributed by atoms with E-state index in [2.05, 4.69) is 46.8 Å². The van der Waals surface area contributed by atoms with Gasteiger partial charge in [-0.2, -0.15) is 0 Å². The maximum Gasteiger partial charge on any atom is 0.278 e. The molecule has 0 aromatic heterocycles. The van der Waals surface area contributed by atoms with Crippen LogP contribution in [-0.4, -0.2) is 59.2 Å². The largest absolute Gasteiger partial charge is 0.383 e. The summed E-state index contributed by atoms with van der Waals surface area (Å²) in [5.74, 6) is -9.00. The van der Waals surface area contributed by atoms with Crippen molar-refractivity contribution in [1.29, 1.82) is 0 Å². The average molecular weight is 493 g/mol. The average Bonchev–Trinajstić information content (AvgIpc) is 3.13. The van der Waals surface area contributed by atoms with Gasteiger partial charge in [-0.1, -0.05) is 64.5 Å². The number of fused-ring (bicyclic) bond motifs is 5. The van der Waals surface area contributed by atoms with E-state index in [-0.39, 0.29) is 16.9 Å². The summed E-state index contributed by atoms with van der Waals surface area (Å²) in [4.78, 5) is 0. The SMILES string of the molecule is CC(C)[C@@H](C)/C=C/[C@@H](C)[C@H]1CC[C@H]2C3=CC=C4C(O)C(O)(O)C(O)(O)C(O)(O)[C@]4(C)[C@H]3CC[C@]12C. The highest BCUT2D eigenvalue weighted by Crippen LogP contribution is 2.68. The number of allylic oxidation sites excluding steroid dienone is 5. The Labute approximate surface area is 208 Å². The molecular formula is C28H44O7. The van der Waals surface area contributed by atoms with E-state index in [4.69, 9.17) is 0 Å². The lowest BCUT2D eigenvalue weighted by Gasteiger charge is -2.63. The van der Waals surface area contributed by atoms with E-state index in [1.165, 1.54) is 13.0 Å². The summed E-state index contributed by atoms with van der Waals surface area (Å²) in [5.41, 5.74) is -0.717. The molecule has 4 aliphatic carbocycles. The van der Waals surface area contributed by atoms with E-state index >= 15 is 0 Å². The fourth-order valence-corrected chi connectivity index (χ4v) is 7.87. The van der Waals surface area contributed by atoms with Crippen molar-refractivity contribution in [3.05, 3.63) is 35.5 Å². The van der Waals surface area contributed by atoms with Crippen LogP contribution in [0.5, 0.6) is 0 Å². The second kappa shape index (κ2) is 8.22. The van der Waals surface area contributed by atoms with Gasteiger partial charge in [0.2, 0.25) is 5.79 Å². The van der Waals surface area contributed by atoms with Crippen molar-refractivity contribution >= 4 is 0 Å². The molecule has 3 fully saturated rings. The molecule has 0 aliphatic heterocycles. The van der Waals surface area contributed by atoms with Gasteiger partial charge in [-0.05, 0) is 79.1 Å². The van der Waals surface area contributed by atoms with Gasteiger partial charge < -0.3 is 35.7 Å². The van der Waals surface area contributed by atoms with E-state index in [0.29, 0.717) is 30.1 Å². The van der Waals surface area contributed by atoms with Crippen molar-refractivity contribution in [3.63, 3.8) is 0 Å². The number of hydrogen-bond acceptors (Lipinski definition) is 7. The van der Waals surface area contributed by atoms with Crippen LogP contribution in [0.2, 0.25) is 0 Å². The van der Waals surface area contributed by atoms with Crippen LogP contribution in [0.3, 0.4) is 0 Å². The Kier molecular flexibility index (Phi) is 6.34. The molecule has 7 N–H and O–H groups in total. The van der Waals surface area contributed by atoms with Crippen molar-refractivity contribution < 1.29 is 35.7 Å². The van der Waals surface area contributed by atoms with Gasteiger partial charge in [0.05, 0.1) is 5.41 Å². The molecule has 198 valence electrons. The van der Waals surface area contributed by atoms with E-state index in [0.717, 1.165) is 24.8 Å². The summed E-state index contributed by atoms with van der Waals surface area (Å²) >= 11 is 0. The predicted octanol–water partition coefficient (Wildman–Crippen LogP) is 2.20. The summed E-state index contributed by atoms with van der Waals surface area (Å²) in [6.07, 6.45) is 9.33. The Morgan fingerprint density at radius 2 is 1.46 bits per heavy atom. The minimum Gasteiger partial charge on any atom is -0.383 e. The topological polar surface area (TPSA) is 142 Å². The third-order valence-electron chi connectivity index (χ3n) is 10.7. The van der Waals surface area contributed by atoms with Gasteiger partial charge in [0, 0.05) is 0 Å². The highest BCUT2D eigenvalue weighted by atomic mass is 16.7. The monoisotopic (exact) mass is 492 g/mol. The number of hydrogen-bond donors (Lipinski definition) is 7. The molecule has 35 heavy (non-hydrogen) atoms. The molecule has 4 aliphatic rings. The van der Waals surface area contributed by atoms with Gasteiger partial charge in [-0.3, -0.25) is 0 Å². The van der Waals surface area contributed by atoms with Crippen LogP contribution >= 0.6 is 0 Å². The van der Waals surface area contributed by atoms with Crippen LogP contribution in [0.4, 0.5) is 0 Å². The van der Waals surface area contributed by atoms with E-state index < -0.39 is 34.8 Å². The third-order valence-corrected chi connectivity index (χ3v) is 10.7. The van der Waals surface area contributed by atoms with Crippen molar-refractivity contribution in [2.24, 2.45) is 46.3 Å². The Hall–Kier alpha value is -1.06. The van der Waals surface area contributed by atoms with Crippen LogP contribution in [-0.2, 0) is 0 Å². The van der Waals surface area contributed by atoms with Gasteiger partial charge in [0.25, 0.3) is 11.6 Å². The normalized spacial score (nSPS) is 43.1. The van der Waals surface area contributed by atoms with Crippen LogP contribution in [0, 0.1) is 46.3 Å². The second-order valence-corrected chi connectivity index (χ2v) is 12.6. The molecule has 7 heteroatoms. The Morgan fingerprint density at radius 3 is 2.06 bits per heavy atom. The van der Waals surface area contributed by atoms with Gasteiger partial charge in [-0.25, -0.2) is 0 Å². The molecule has 1 unspecified atom stereocenters. The Morgan fingerprint density at radius 1 is 0.829 bits per heavy atom. The molecule has 8 atom stereocenters. The van der Waals surface area contributed by atoms with E-state index in [9.17, 15) is 35.7 Å². The summed E-state index contributed by atoms with van der Waals surface area (Å²) in [6, 6.07) is 0. The first-order valence-electron chi connectivity index (χ1n) is 13.1. The molecular weight excluding hydrogens is 448 g/mol. The molecule has 0 aromatic rings. The van der Waals surface area contributed by atoms with E-state index in [1.54, 1.807) is 0 Å². The Balaban J connectivity index is 1.71. The van der Waals surface area contributed by atoms with Gasteiger partial charge in [0.1, 0.15) is 6.10 Å². The van der Waals surface area contributed by atoms with E-state index in [1.807, 2.05) is 6.08 Å². The van der Waals surface area contributed by atoms with Crippen LogP contribution in [0.25, 0.3) is 0 Å². The summed E-state index contributed by atoms with van der Waals surface area (Å²) in [5, 5.41) is 74.6. The van der Waals surface area contributed by atoms with Crippen molar-refractivity contribution in [1.82, 2.24) is 0 Å². The highest BCUT2D eigenvalue weighted by Gasteiger charge is 2.79. The quantitative estimate of drug-likeness (QED) is 0.236. The second-order valence-electron chi connectivity index (χ2n) is 12.6. The molecule has 3 saturated carbocycles. The number of aliphatic hydroxyl groups excluding tert-OH is 1. The first kappa shape index (κ1) is 27.0. The van der Waals surface area contributed by atoms with Crippen LogP contribution in [0.15, 0.2) is 35.5 Å². The predicted molar refractivity (Wildman–Crippen MR) is 131 cm³/mol. The lowest BCUT2D eigenvalue weighted by atomic mass is 9.46. The molecule has 0 radical (unpaired) electrons. The minimum absolute atomic E-state index is 0.00293. The fraction of sp³-hybridized carbons (Fsp3) is 0.786. The molecule has 4 rings (SSSR count). The zero-order valence-corrected chi connectivity index (χ0v) is 21.8. The van der Waals surface area contributed by atoms with Crippen molar-refractivity contribution in [3.8, 4) is 0 Å². The van der Waals surface area contributed by atoms with Gasteiger partial charge >= 0.3 is 0 Å². The first-order chi connectivity index (χ1) is 16.0. The highest BCUT2D eigenvalue weighted by molar-refractivity contribution is 5.45. The van der Waals surface area contributed by atoms with Crippen LogP contribution in [0.1, 0.15) is 67.2 Å². The number of aliphatic hydroxyl groups is 7. The zero-order valence-electron chi connectivity index (χ0n) is 21.8. The molecule has 7 nitrogen and oxygen atoms in total. The smallest absolute Gasteiger partial charge is 0.278 e. The lowest BCUT2D eigenvalue weighted by Crippen LogP contribution is -2.82. The summed E-state index contributed by atoms with van der Waals surface area (Å²) < 4.78 is 0. The summed E-state index contributed by atoms with van der Waals surface area (Å²) in [7, 11) is 0.